The number of hydrogen-bond donors (Lipinski definition) is 1. The van der Waals surface area contributed by atoms with E-state index in [1.54, 1.807) is 0 Å². The van der Waals surface area contributed by atoms with Crippen molar-refractivity contribution in [2.24, 2.45) is 0 Å². The third-order valence-corrected chi connectivity index (χ3v) is 1.87. The molecule has 1 nitrogen and oxygen atoms in total. The van der Waals surface area contributed by atoms with E-state index in [0.717, 1.165) is 6.42 Å². The first kappa shape index (κ1) is 6.60. The van der Waals surface area contributed by atoms with E-state index in [0.29, 0.717) is 49.0 Å². The number of rotatable bonds is 1. The molecule has 0 aliphatic heterocycles. The molecule has 1 atom stereocenters. The summed E-state index contributed by atoms with van der Waals surface area (Å²) in [5.41, 5.74) is 0. The van der Waals surface area contributed by atoms with Crippen molar-refractivity contribution < 1.29 is 5.11 Å². The van der Waals surface area contributed by atoms with Crippen molar-refractivity contribution in [3.05, 3.63) is 0 Å². The predicted octanol–water partition coefficient (Wildman–Crippen LogP) is -0.117. The van der Waals surface area contributed by atoms with Crippen molar-refractivity contribution >= 4 is 49.0 Å². The van der Waals surface area contributed by atoms with Gasteiger partial charge in [-0.05, 0) is 0 Å². The molecule has 0 spiro atoms. The van der Waals surface area contributed by atoms with Gasteiger partial charge in [0.2, 0.25) is 0 Å². The van der Waals surface area contributed by atoms with Crippen LogP contribution in [-0.2, 0) is 0 Å². The Bertz CT molecular complexity index is 20.9. The third kappa shape index (κ3) is 5.60. The van der Waals surface area contributed by atoms with Gasteiger partial charge in [-0.2, -0.15) is 0 Å². The van der Waals surface area contributed by atoms with Crippen molar-refractivity contribution in [1.29, 1.82) is 0 Å². The molecular weight excluding hydrogens is 91.1 g/mol. The molecular formula is C3H7KO. The summed E-state index contributed by atoms with van der Waals surface area (Å²) in [7, 11) is 0. The number of aliphatic hydroxyl groups is 1. The van der Waals surface area contributed by atoms with Crippen molar-refractivity contribution in [2.45, 2.75) is 13.5 Å². The molecule has 0 aromatic carbocycles. The summed E-state index contributed by atoms with van der Waals surface area (Å²) in [4.78, 5) is 0. The number of aliphatic hydroxyl groups excluding tert-OH is 1. The Balaban J connectivity index is 2.54. The molecule has 0 rings (SSSR count). The summed E-state index contributed by atoms with van der Waals surface area (Å²) in [6.07, 6.45) is 0.944. The average molecular weight is 98.2 g/mol. The average Bonchev–Trinajstić information content (AvgIpc) is 1.38. The van der Waals surface area contributed by atoms with Crippen molar-refractivity contribution in [3.63, 3.8) is 0 Å². The molecule has 26 valence electrons. The van der Waals surface area contributed by atoms with Crippen LogP contribution in [0, 0.1) is 0 Å². The fraction of sp³-hybridized carbons (Fsp3) is 1.00. The summed E-state index contributed by atoms with van der Waals surface area (Å²) in [6.45, 7) is 2.00. The molecule has 1 unspecified atom stereocenters. The second kappa shape index (κ2) is 3.78. The van der Waals surface area contributed by atoms with Gasteiger partial charge in [0.1, 0.15) is 0 Å². The second-order valence-electron chi connectivity index (χ2n) is 1.26. The molecule has 5 heavy (non-hydrogen) atoms. The third-order valence-electron chi connectivity index (χ3n) is 0.591. The van der Waals surface area contributed by atoms with E-state index in [1.165, 1.54) is 0 Å². The molecule has 0 bridgehead atoms. The maximum atomic E-state index is 8.44. The molecule has 0 heterocycles. The van der Waals surface area contributed by atoms with Crippen LogP contribution in [-0.4, -0.2) is 54.3 Å². The fourth-order valence-corrected chi connectivity index (χ4v) is 0. The minimum atomic E-state index is 0.0718. The molecule has 0 aromatic heterocycles. The second-order valence-corrected chi connectivity index (χ2v) is 3.34. The Hall–Kier alpha value is 1.60. The van der Waals surface area contributed by atoms with Crippen molar-refractivity contribution in [2.75, 3.05) is 0 Å². The van der Waals surface area contributed by atoms with E-state index < -0.39 is 0 Å². The van der Waals surface area contributed by atoms with Crippen LogP contribution in [0.5, 0.6) is 0 Å². The zero-order valence-electron chi connectivity index (χ0n) is 3.73. The molecule has 2 heteroatoms. The normalized spacial score (nSPS) is 15.2. The van der Waals surface area contributed by atoms with E-state index in [2.05, 4.69) is 0 Å². The summed E-state index contributed by atoms with van der Waals surface area (Å²) in [5, 5.41) is 8.44. The summed E-state index contributed by atoms with van der Waals surface area (Å²) in [5.74, 6) is 0. The van der Waals surface area contributed by atoms with Crippen LogP contribution in [0.3, 0.4) is 0 Å². The summed E-state index contributed by atoms with van der Waals surface area (Å²) >= 11 is 0.627. The first-order valence-corrected chi connectivity index (χ1v) is 3.75. The topological polar surface area (TPSA) is 20.2 Å². The summed E-state index contributed by atoms with van der Waals surface area (Å²) < 4.78 is 0.0718. The molecule has 0 aromatic rings. The van der Waals surface area contributed by atoms with Gasteiger partial charge in [-0.3, -0.25) is 0 Å². The van der Waals surface area contributed by atoms with Crippen LogP contribution in [0.15, 0.2) is 0 Å². The van der Waals surface area contributed by atoms with Gasteiger partial charge in [-0.15, -0.1) is 0 Å². The molecule has 0 saturated heterocycles. The first-order chi connectivity index (χ1) is 2.27. The van der Waals surface area contributed by atoms with Crippen LogP contribution in [0.4, 0.5) is 0 Å². The Morgan fingerprint density at radius 1 is 2.00 bits per heavy atom. The molecule has 0 fully saturated rings. The molecule has 0 aliphatic rings. The molecule has 0 amide bonds. The van der Waals surface area contributed by atoms with Crippen LogP contribution in [0.1, 0.15) is 13.3 Å². The van der Waals surface area contributed by atoms with Gasteiger partial charge in [0.25, 0.3) is 0 Å². The predicted molar refractivity (Wildman–Crippen MR) is 22.1 cm³/mol. The van der Waals surface area contributed by atoms with Crippen molar-refractivity contribution in [3.8, 4) is 0 Å². The van der Waals surface area contributed by atoms with Crippen molar-refractivity contribution in [1.82, 2.24) is 0 Å². The Morgan fingerprint density at radius 2 is 2.20 bits per heavy atom. The van der Waals surface area contributed by atoms with Crippen LogP contribution in [0.25, 0.3) is 0 Å². The van der Waals surface area contributed by atoms with E-state index in [1.807, 2.05) is 6.92 Å². The molecule has 0 aliphatic carbocycles. The van der Waals surface area contributed by atoms with E-state index in [4.69, 9.17) is 5.11 Å². The van der Waals surface area contributed by atoms with Gasteiger partial charge in [-0.25, -0.2) is 0 Å². The minimum absolute atomic E-state index is 0.0718. The Morgan fingerprint density at radius 3 is 2.20 bits per heavy atom. The Labute approximate surface area is 66.3 Å². The monoisotopic (exact) mass is 98.0 g/mol. The van der Waals surface area contributed by atoms with Gasteiger partial charge >= 0.3 is 67.6 Å². The SMILES string of the molecule is CC[CH](O)[K]. The van der Waals surface area contributed by atoms with Crippen LogP contribution in [0.2, 0.25) is 0 Å². The molecule has 0 saturated carbocycles. The quantitative estimate of drug-likeness (QED) is 0.453. The van der Waals surface area contributed by atoms with E-state index in [-0.39, 0.29) is 0.199 Å². The summed E-state index contributed by atoms with van der Waals surface area (Å²) in [6, 6.07) is 0. The van der Waals surface area contributed by atoms with Crippen LogP contribution >= 0.6 is 0 Å². The zero-order chi connectivity index (χ0) is 4.28. The molecule has 0 radical (unpaired) electrons. The standard InChI is InChI=1S/C3H7O.K/c1-2-3-4;/h3-4H,2H2,1H3;. The van der Waals surface area contributed by atoms with Gasteiger partial charge in [-0.1, -0.05) is 0 Å². The van der Waals surface area contributed by atoms with Gasteiger partial charge < -0.3 is 0 Å². The van der Waals surface area contributed by atoms with E-state index in [9.17, 15) is 0 Å². The molecule has 1 N–H and O–H groups in total. The fourth-order valence-electron chi connectivity index (χ4n) is 0. The first-order valence-electron chi connectivity index (χ1n) is 1.95. The van der Waals surface area contributed by atoms with Gasteiger partial charge in [0.05, 0.1) is 0 Å². The Kier molecular flexibility index (Phi) is 4.98. The zero-order valence-corrected chi connectivity index (χ0v) is 6.85. The number of hydrogen-bond acceptors (Lipinski definition) is 1. The maximum absolute atomic E-state index is 8.44. The van der Waals surface area contributed by atoms with Gasteiger partial charge in [0, 0.05) is 0 Å². The van der Waals surface area contributed by atoms with E-state index >= 15 is 0 Å². The van der Waals surface area contributed by atoms with Crippen LogP contribution < -0.4 is 0 Å². The van der Waals surface area contributed by atoms with Gasteiger partial charge in [0.15, 0.2) is 0 Å².